The number of thiocarbonyl (C=S) groups is 1. The molecular weight excluding hydrogens is 430 g/mol. The normalized spacial score (nSPS) is 18.2. The lowest BCUT2D eigenvalue weighted by Gasteiger charge is -2.30. The molecule has 2 aromatic heterocycles. The average molecular weight is 462 g/mol. The van der Waals surface area contributed by atoms with Gasteiger partial charge in [-0.25, -0.2) is 0 Å². The van der Waals surface area contributed by atoms with Gasteiger partial charge in [0.25, 0.3) is 0 Å². The van der Waals surface area contributed by atoms with E-state index in [1.54, 1.807) is 0 Å². The Morgan fingerprint density at radius 3 is 2.55 bits per heavy atom. The van der Waals surface area contributed by atoms with Crippen LogP contribution in [-0.4, -0.2) is 20.6 Å². The number of nitrogens with one attached hydrogen (secondary N) is 2. The Hall–Kier alpha value is -3.19. The summed E-state index contributed by atoms with van der Waals surface area (Å²) in [4.78, 5) is 19.0. The van der Waals surface area contributed by atoms with E-state index < -0.39 is 0 Å². The number of hydrogen-bond donors (Lipinski definition) is 2. The third kappa shape index (κ3) is 4.50. The van der Waals surface area contributed by atoms with Crippen LogP contribution in [0.4, 0.5) is 11.4 Å². The smallest absolute Gasteiger partial charge is 0.226 e. The third-order valence-electron chi connectivity index (χ3n) is 6.04. The molecule has 1 amide bonds. The molecule has 0 saturated carbocycles. The second kappa shape index (κ2) is 9.35. The number of anilines is 2. The Kier molecular flexibility index (Phi) is 6.51. The topological polar surface area (TPSA) is 62.2 Å². The van der Waals surface area contributed by atoms with Gasteiger partial charge in [-0.2, -0.15) is 0 Å². The summed E-state index contributed by atoms with van der Waals surface area (Å²) < 4.78 is 2.29. The molecule has 0 unspecified atom stereocenters. The van der Waals surface area contributed by atoms with Gasteiger partial charge in [0.15, 0.2) is 5.11 Å². The highest BCUT2D eigenvalue weighted by atomic mass is 32.1. The zero-order chi connectivity index (χ0) is 23.7. The minimum Gasteiger partial charge on any atom is -0.351 e. The van der Waals surface area contributed by atoms with Gasteiger partial charge in [-0.1, -0.05) is 19.9 Å². The number of aromatic nitrogens is 2. The number of hydrogen-bond acceptors (Lipinski definition) is 3. The van der Waals surface area contributed by atoms with Crippen molar-refractivity contribution in [3.8, 4) is 0 Å². The number of aryl methyl sites for hydroxylation is 1. The molecule has 6 nitrogen and oxygen atoms in total. The number of rotatable bonds is 6. The number of amides is 1. The van der Waals surface area contributed by atoms with Crippen LogP contribution in [0.5, 0.6) is 0 Å². The molecule has 2 atom stereocenters. The van der Waals surface area contributed by atoms with E-state index in [2.05, 4.69) is 63.3 Å². The molecular formula is C26H31N5OS. The largest absolute Gasteiger partial charge is 0.351 e. The first-order valence-electron chi connectivity index (χ1n) is 11.4. The molecule has 0 bridgehead atoms. The summed E-state index contributed by atoms with van der Waals surface area (Å²) in [7, 11) is 0. The van der Waals surface area contributed by atoms with E-state index in [9.17, 15) is 4.79 Å². The van der Waals surface area contributed by atoms with Gasteiger partial charge < -0.3 is 20.1 Å². The van der Waals surface area contributed by atoms with Crippen LogP contribution in [0.25, 0.3) is 0 Å². The van der Waals surface area contributed by atoms with Crippen LogP contribution in [0.2, 0.25) is 0 Å². The Morgan fingerprint density at radius 2 is 1.91 bits per heavy atom. The molecule has 0 radical (unpaired) electrons. The predicted molar refractivity (Wildman–Crippen MR) is 137 cm³/mol. The molecule has 1 fully saturated rings. The van der Waals surface area contributed by atoms with E-state index in [-0.39, 0.29) is 23.9 Å². The predicted octanol–water partition coefficient (Wildman–Crippen LogP) is 5.54. The van der Waals surface area contributed by atoms with Gasteiger partial charge >= 0.3 is 0 Å². The van der Waals surface area contributed by atoms with Gasteiger partial charge in [-0.05, 0) is 81.0 Å². The molecule has 1 aliphatic heterocycles. The van der Waals surface area contributed by atoms with Crippen molar-refractivity contribution in [3.05, 3.63) is 77.9 Å². The van der Waals surface area contributed by atoms with Gasteiger partial charge in [-0.15, -0.1) is 0 Å². The van der Waals surface area contributed by atoms with Gasteiger partial charge in [0.1, 0.15) is 6.04 Å². The van der Waals surface area contributed by atoms with E-state index in [0.717, 1.165) is 22.6 Å². The molecule has 2 N–H and O–H groups in total. The second-order valence-corrected chi connectivity index (χ2v) is 9.46. The molecule has 3 aromatic rings. The zero-order valence-corrected chi connectivity index (χ0v) is 20.6. The molecule has 0 aliphatic carbocycles. The van der Waals surface area contributed by atoms with E-state index >= 15 is 0 Å². The highest BCUT2D eigenvalue weighted by Crippen LogP contribution is 2.42. The number of carbonyl (C=O) groups excluding carboxylic acids is 1. The lowest BCUT2D eigenvalue weighted by molar-refractivity contribution is -0.118. The fourth-order valence-corrected chi connectivity index (χ4v) is 4.62. The van der Waals surface area contributed by atoms with Gasteiger partial charge in [0.05, 0.1) is 11.7 Å². The molecule has 1 saturated heterocycles. The summed E-state index contributed by atoms with van der Waals surface area (Å²) in [6.07, 6.45) is 3.93. The van der Waals surface area contributed by atoms with Crippen molar-refractivity contribution in [3.63, 3.8) is 0 Å². The standard InChI is InChI=1S/C26H31N5OS/c1-16(2)25(32)28-20-12-11-19(15-18(20)5)31-24(22-10-8-14-30(22)17(3)4)23(29-26(31)33)21-9-6-7-13-27-21/h6-17,23-24H,1-5H3,(H,28,32)(H,29,33)/t23-,24-/m0/s1. The lowest BCUT2D eigenvalue weighted by Crippen LogP contribution is -2.30. The monoisotopic (exact) mass is 461 g/mol. The van der Waals surface area contributed by atoms with E-state index in [4.69, 9.17) is 12.2 Å². The maximum atomic E-state index is 12.2. The first-order valence-corrected chi connectivity index (χ1v) is 11.8. The Bertz CT molecular complexity index is 1150. The van der Waals surface area contributed by atoms with Crippen LogP contribution in [-0.2, 0) is 4.79 Å². The molecule has 33 heavy (non-hydrogen) atoms. The van der Waals surface area contributed by atoms with Crippen molar-refractivity contribution in [1.29, 1.82) is 0 Å². The summed E-state index contributed by atoms with van der Waals surface area (Å²) in [5, 5.41) is 7.19. The SMILES string of the molecule is Cc1cc(N2C(=S)N[C@@H](c3ccccn3)[C@@H]2c2cccn2C(C)C)ccc1NC(=O)C(C)C. The van der Waals surface area contributed by atoms with Crippen LogP contribution < -0.4 is 15.5 Å². The van der Waals surface area contributed by atoms with Gasteiger partial charge in [0, 0.05) is 41.4 Å². The minimum atomic E-state index is -0.0910. The fraction of sp³-hybridized carbons (Fsp3) is 0.346. The van der Waals surface area contributed by atoms with Crippen molar-refractivity contribution in [2.75, 3.05) is 10.2 Å². The molecule has 1 aromatic carbocycles. The fourth-order valence-electron chi connectivity index (χ4n) is 4.28. The van der Waals surface area contributed by atoms with Crippen molar-refractivity contribution in [1.82, 2.24) is 14.9 Å². The quantitative estimate of drug-likeness (QED) is 0.472. The molecule has 7 heteroatoms. The van der Waals surface area contributed by atoms with E-state index in [1.165, 1.54) is 5.69 Å². The summed E-state index contributed by atoms with van der Waals surface area (Å²) in [5.41, 5.74) is 4.90. The van der Waals surface area contributed by atoms with Gasteiger partial charge in [-0.3, -0.25) is 9.78 Å². The Labute approximate surface area is 201 Å². The maximum Gasteiger partial charge on any atom is 0.226 e. The molecule has 0 spiro atoms. The van der Waals surface area contributed by atoms with Crippen LogP contribution in [0.1, 0.15) is 62.8 Å². The second-order valence-electron chi connectivity index (χ2n) is 9.07. The number of benzene rings is 1. The molecule has 172 valence electrons. The highest BCUT2D eigenvalue weighted by Gasteiger charge is 2.42. The first-order chi connectivity index (χ1) is 15.8. The average Bonchev–Trinajstić information content (AvgIpc) is 3.40. The number of pyridine rings is 1. The zero-order valence-electron chi connectivity index (χ0n) is 19.7. The molecule has 1 aliphatic rings. The summed E-state index contributed by atoms with van der Waals surface area (Å²) in [6.45, 7) is 10.1. The summed E-state index contributed by atoms with van der Waals surface area (Å²) in [5.74, 6) is -0.0705. The van der Waals surface area contributed by atoms with Crippen molar-refractivity contribution < 1.29 is 4.79 Å². The third-order valence-corrected chi connectivity index (χ3v) is 6.35. The van der Waals surface area contributed by atoms with Crippen LogP contribution in [0.3, 0.4) is 0 Å². The van der Waals surface area contributed by atoms with Crippen molar-refractivity contribution in [2.24, 2.45) is 5.92 Å². The van der Waals surface area contributed by atoms with Crippen LogP contribution >= 0.6 is 12.2 Å². The van der Waals surface area contributed by atoms with Gasteiger partial charge in [0.2, 0.25) is 5.91 Å². The first kappa shape index (κ1) is 23.0. The Morgan fingerprint density at radius 1 is 1.12 bits per heavy atom. The number of carbonyl (C=O) groups is 1. The Balaban J connectivity index is 1.77. The lowest BCUT2D eigenvalue weighted by atomic mass is 10.00. The van der Waals surface area contributed by atoms with Crippen molar-refractivity contribution in [2.45, 2.75) is 52.7 Å². The van der Waals surface area contributed by atoms with Crippen molar-refractivity contribution >= 4 is 34.6 Å². The number of nitrogens with zero attached hydrogens (tertiary/aromatic N) is 3. The summed E-state index contributed by atoms with van der Waals surface area (Å²) in [6, 6.07) is 16.4. The molecule has 4 rings (SSSR count). The van der Waals surface area contributed by atoms with E-state index in [0.29, 0.717) is 11.2 Å². The summed E-state index contributed by atoms with van der Waals surface area (Å²) >= 11 is 5.85. The van der Waals surface area contributed by atoms with Crippen LogP contribution in [0.15, 0.2) is 60.9 Å². The highest BCUT2D eigenvalue weighted by molar-refractivity contribution is 7.80. The maximum absolute atomic E-state index is 12.2. The minimum absolute atomic E-state index is 0.00654. The van der Waals surface area contributed by atoms with E-state index in [1.807, 2.05) is 57.3 Å². The van der Waals surface area contributed by atoms with Crippen LogP contribution in [0, 0.1) is 12.8 Å². The molecule has 3 heterocycles.